The molecule has 7 nitrogen and oxygen atoms in total. The first-order valence-corrected chi connectivity index (χ1v) is 12.2. The van der Waals surface area contributed by atoms with Crippen LogP contribution in [0.4, 0.5) is 0 Å². The van der Waals surface area contributed by atoms with E-state index in [0.29, 0.717) is 38.3 Å². The lowest BCUT2D eigenvalue weighted by molar-refractivity contribution is 0.308. The van der Waals surface area contributed by atoms with Crippen molar-refractivity contribution in [1.29, 1.82) is 0 Å². The molecule has 31 heavy (non-hydrogen) atoms. The van der Waals surface area contributed by atoms with Crippen molar-refractivity contribution in [3.05, 3.63) is 29.3 Å². The third-order valence-electron chi connectivity index (χ3n) is 5.42. The molecule has 0 saturated heterocycles. The van der Waals surface area contributed by atoms with Crippen LogP contribution in [0.3, 0.4) is 0 Å². The first kappa shape index (κ1) is 27.8. The van der Waals surface area contributed by atoms with Crippen molar-refractivity contribution >= 4 is 0 Å². The minimum atomic E-state index is 0.345. The molecule has 0 heterocycles. The van der Waals surface area contributed by atoms with Crippen LogP contribution in [0.15, 0.2) is 18.2 Å². The summed E-state index contributed by atoms with van der Waals surface area (Å²) in [4.78, 5) is 0. The number of nitrogens with one attached hydrogen (secondary N) is 2. The molecule has 1 aromatic rings. The van der Waals surface area contributed by atoms with Crippen LogP contribution in [0.25, 0.3) is 0 Å². The van der Waals surface area contributed by atoms with Gasteiger partial charge in [-0.1, -0.05) is 19.4 Å². The van der Waals surface area contributed by atoms with E-state index in [1.807, 2.05) is 0 Å². The molecule has 2 unspecified atom stereocenters. The van der Waals surface area contributed by atoms with Crippen LogP contribution in [0.1, 0.15) is 56.6 Å². The van der Waals surface area contributed by atoms with E-state index in [4.69, 9.17) is 27.7 Å². The molecule has 180 valence electrons. The Hall–Kier alpha value is -1.22. The van der Waals surface area contributed by atoms with Gasteiger partial charge in [0.05, 0.1) is 6.61 Å². The maximum atomic E-state index is 6.08. The SMILES string of the molecule is CCCCOc1cc(CC(CCN)NCCCN)cc(CC(CCN)NCCCN)c1. The fraction of sp³-hybridized carbons (Fsp3) is 0.750. The second-order valence-corrected chi connectivity index (χ2v) is 8.34. The van der Waals surface area contributed by atoms with E-state index in [9.17, 15) is 0 Å². The number of ether oxygens (including phenoxy) is 1. The van der Waals surface area contributed by atoms with Crippen LogP contribution in [-0.4, -0.2) is 58.0 Å². The molecule has 2 atom stereocenters. The normalized spacial score (nSPS) is 13.3. The van der Waals surface area contributed by atoms with Crippen LogP contribution >= 0.6 is 0 Å². The minimum Gasteiger partial charge on any atom is -0.494 e. The molecule has 0 radical (unpaired) electrons. The zero-order valence-electron chi connectivity index (χ0n) is 19.7. The average molecular weight is 437 g/mol. The summed E-state index contributed by atoms with van der Waals surface area (Å²) in [7, 11) is 0. The van der Waals surface area contributed by atoms with Gasteiger partial charge in [-0.15, -0.1) is 0 Å². The van der Waals surface area contributed by atoms with Gasteiger partial charge in [0.15, 0.2) is 0 Å². The third-order valence-corrected chi connectivity index (χ3v) is 5.42. The summed E-state index contributed by atoms with van der Waals surface area (Å²) in [5.41, 5.74) is 25.6. The highest BCUT2D eigenvalue weighted by Gasteiger charge is 2.13. The Labute approximate surface area is 190 Å². The zero-order chi connectivity index (χ0) is 22.7. The van der Waals surface area contributed by atoms with Crippen molar-refractivity contribution in [3.63, 3.8) is 0 Å². The Kier molecular flexibility index (Phi) is 16.5. The van der Waals surface area contributed by atoms with Gasteiger partial charge >= 0.3 is 0 Å². The molecule has 7 heteroatoms. The number of benzene rings is 1. The van der Waals surface area contributed by atoms with Crippen LogP contribution in [0, 0.1) is 0 Å². The van der Waals surface area contributed by atoms with Crippen LogP contribution < -0.4 is 38.3 Å². The highest BCUT2D eigenvalue weighted by Crippen LogP contribution is 2.21. The van der Waals surface area contributed by atoms with Gasteiger partial charge in [-0.2, -0.15) is 0 Å². The summed E-state index contributed by atoms with van der Waals surface area (Å²) in [6, 6.07) is 7.38. The van der Waals surface area contributed by atoms with E-state index in [-0.39, 0.29) is 0 Å². The molecule has 0 saturated carbocycles. The number of hydrogen-bond acceptors (Lipinski definition) is 7. The van der Waals surface area contributed by atoms with Crippen molar-refractivity contribution < 1.29 is 4.74 Å². The molecule has 1 rings (SSSR count). The smallest absolute Gasteiger partial charge is 0.119 e. The second kappa shape index (κ2) is 18.4. The quantitative estimate of drug-likeness (QED) is 0.169. The number of unbranched alkanes of at least 4 members (excludes halogenated alkanes) is 1. The van der Waals surface area contributed by atoms with Crippen molar-refractivity contribution in [2.45, 2.75) is 70.4 Å². The van der Waals surface area contributed by atoms with Crippen LogP contribution in [0.2, 0.25) is 0 Å². The van der Waals surface area contributed by atoms with Crippen LogP contribution in [0.5, 0.6) is 5.75 Å². The van der Waals surface area contributed by atoms with Crippen LogP contribution in [-0.2, 0) is 12.8 Å². The van der Waals surface area contributed by atoms with Crippen molar-refractivity contribution in [1.82, 2.24) is 10.6 Å². The topological polar surface area (TPSA) is 137 Å². The zero-order valence-corrected chi connectivity index (χ0v) is 19.7. The van der Waals surface area contributed by atoms with E-state index < -0.39 is 0 Å². The summed E-state index contributed by atoms with van der Waals surface area (Å²) in [6.45, 7) is 7.52. The molecule has 0 bridgehead atoms. The average Bonchev–Trinajstić information content (AvgIpc) is 2.74. The molecule has 0 amide bonds. The highest BCUT2D eigenvalue weighted by molar-refractivity contribution is 5.35. The molecule has 0 aliphatic carbocycles. The largest absolute Gasteiger partial charge is 0.494 e. The molecular formula is C24H48N6O. The van der Waals surface area contributed by atoms with Gasteiger partial charge in [-0.25, -0.2) is 0 Å². The number of nitrogens with two attached hydrogens (primary N) is 4. The van der Waals surface area contributed by atoms with Gasteiger partial charge in [0.25, 0.3) is 0 Å². The monoisotopic (exact) mass is 436 g/mol. The summed E-state index contributed by atoms with van der Waals surface area (Å²) in [6.07, 6.45) is 7.88. The first-order chi connectivity index (χ1) is 15.2. The predicted molar refractivity (Wildman–Crippen MR) is 133 cm³/mol. The molecule has 1 aromatic carbocycles. The number of rotatable bonds is 20. The molecule has 10 N–H and O–H groups in total. The molecule has 0 fully saturated rings. The second-order valence-electron chi connectivity index (χ2n) is 8.34. The Morgan fingerprint density at radius 3 is 1.68 bits per heavy atom. The molecular weight excluding hydrogens is 388 g/mol. The van der Waals surface area contributed by atoms with E-state index >= 15 is 0 Å². The van der Waals surface area contributed by atoms with Crippen molar-refractivity contribution in [2.75, 3.05) is 45.9 Å². The Bertz CT molecular complexity index is 517. The Balaban J connectivity index is 2.94. The van der Waals surface area contributed by atoms with E-state index in [2.05, 4.69) is 35.8 Å². The van der Waals surface area contributed by atoms with E-state index in [1.54, 1.807) is 0 Å². The predicted octanol–water partition coefficient (Wildman–Crippen LogP) is 1.26. The lowest BCUT2D eigenvalue weighted by Gasteiger charge is -2.21. The Morgan fingerprint density at radius 2 is 1.26 bits per heavy atom. The van der Waals surface area contributed by atoms with Gasteiger partial charge in [-0.3, -0.25) is 0 Å². The van der Waals surface area contributed by atoms with Crippen molar-refractivity contribution in [2.24, 2.45) is 22.9 Å². The minimum absolute atomic E-state index is 0.345. The third kappa shape index (κ3) is 13.0. The summed E-state index contributed by atoms with van der Waals surface area (Å²) in [5, 5.41) is 7.23. The molecule has 0 aliphatic rings. The molecule has 0 aliphatic heterocycles. The van der Waals surface area contributed by atoms with Gasteiger partial charge in [0, 0.05) is 12.1 Å². The summed E-state index contributed by atoms with van der Waals surface area (Å²) >= 11 is 0. The fourth-order valence-electron chi connectivity index (χ4n) is 3.72. The van der Waals surface area contributed by atoms with Gasteiger partial charge < -0.3 is 38.3 Å². The Morgan fingerprint density at radius 1 is 0.742 bits per heavy atom. The lowest BCUT2D eigenvalue weighted by atomic mass is 9.96. The standard InChI is InChI=1S/C24H48N6O/c1-2-3-14-31-24-18-20(16-22(6-10-27)29-12-4-8-25)15-21(19-24)17-23(7-11-28)30-13-5-9-26/h15,18-19,22-23,29-30H,2-14,16-17,25-28H2,1H3. The van der Waals surface area contributed by atoms with Crippen molar-refractivity contribution in [3.8, 4) is 5.75 Å². The first-order valence-electron chi connectivity index (χ1n) is 12.2. The summed E-state index contributed by atoms with van der Waals surface area (Å²) in [5.74, 6) is 0.961. The summed E-state index contributed by atoms with van der Waals surface area (Å²) < 4.78 is 6.08. The molecule has 0 aromatic heterocycles. The fourth-order valence-corrected chi connectivity index (χ4v) is 3.72. The number of hydrogen-bond donors (Lipinski definition) is 6. The van der Waals surface area contributed by atoms with Gasteiger partial charge in [0.1, 0.15) is 5.75 Å². The lowest BCUT2D eigenvalue weighted by Crippen LogP contribution is -2.35. The maximum Gasteiger partial charge on any atom is 0.119 e. The van der Waals surface area contributed by atoms with E-state index in [0.717, 1.165) is 76.8 Å². The highest BCUT2D eigenvalue weighted by atomic mass is 16.5. The van der Waals surface area contributed by atoms with Gasteiger partial charge in [0.2, 0.25) is 0 Å². The maximum absolute atomic E-state index is 6.08. The molecule has 0 spiro atoms. The van der Waals surface area contributed by atoms with E-state index in [1.165, 1.54) is 11.1 Å². The van der Waals surface area contributed by atoms with Gasteiger partial charge in [-0.05, 0) is 107 Å².